The first-order valence-corrected chi connectivity index (χ1v) is 9.64. The number of hydrogen-bond acceptors (Lipinski definition) is 6. The third-order valence-electron chi connectivity index (χ3n) is 3.88. The van der Waals surface area contributed by atoms with E-state index in [1.165, 1.54) is 22.7 Å². The Labute approximate surface area is 152 Å². The number of benzene rings is 1. The highest BCUT2D eigenvalue weighted by Gasteiger charge is 2.18. The summed E-state index contributed by atoms with van der Waals surface area (Å²) in [5, 5.41) is 4.26. The normalized spacial score (nSPS) is 11.2. The van der Waals surface area contributed by atoms with Crippen LogP contribution in [0.1, 0.15) is 28.7 Å². The number of hydrogen-bond donors (Lipinski definition) is 2. The molecule has 3 aromatic heterocycles. The second-order valence-corrected chi connectivity index (χ2v) is 7.72. The van der Waals surface area contributed by atoms with Gasteiger partial charge in [0.1, 0.15) is 9.71 Å². The summed E-state index contributed by atoms with van der Waals surface area (Å²) in [5.41, 5.74) is 8.56. The molecule has 1 amide bonds. The van der Waals surface area contributed by atoms with E-state index in [0.717, 1.165) is 39.0 Å². The molecule has 0 bridgehead atoms. The van der Waals surface area contributed by atoms with Gasteiger partial charge in [0.05, 0.1) is 15.9 Å². The lowest BCUT2D eigenvalue weighted by Gasteiger charge is -1.99. The summed E-state index contributed by atoms with van der Waals surface area (Å²) in [6.45, 7) is 2.12. The largest absolute Gasteiger partial charge is 0.397 e. The molecule has 1 aromatic carbocycles. The Morgan fingerprint density at radius 3 is 2.80 bits per heavy atom. The van der Waals surface area contributed by atoms with Gasteiger partial charge in [-0.05, 0) is 30.7 Å². The number of fused-ring (bicyclic) bond motifs is 2. The number of amides is 1. The summed E-state index contributed by atoms with van der Waals surface area (Å²) in [7, 11) is 0. The molecule has 0 aliphatic heterocycles. The van der Waals surface area contributed by atoms with Gasteiger partial charge in [-0.1, -0.05) is 36.8 Å². The minimum atomic E-state index is -0.239. The van der Waals surface area contributed by atoms with Gasteiger partial charge in [0.2, 0.25) is 0 Å². The predicted molar refractivity (Wildman–Crippen MR) is 106 cm³/mol. The molecular weight excluding hydrogens is 352 g/mol. The zero-order valence-electron chi connectivity index (χ0n) is 13.6. The number of carbonyl (C=O) groups is 1. The highest BCUT2D eigenvalue weighted by atomic mass is 32.1. The van der Waals surface area contributed by atoms with Gasteiger partial charge in [0.15, 0.2) is 5.13 Å². The second kappa shape index (κ2) is 6.42. The number of nitrogens with zero attached hydrogens (tertiary/aromatic N) is 2. The maximum absolute atomic E-state index is 12.7. The van der Waals surface area contributed by atoms with E-state index >= 15 is 0 Å². The van der Waals surface area contributed by atoms with Crippen molar-refractivity contribution >= 4 is 59.8 Å². The summed E-state index contributed by atoms with van der Waals surface area (Å²) >= 11 is 2.77. The van der Waals surface area contributed by atoms with Gasteiger partial charge in [0, 0.05) is 11.1 Å². The van der Waals surface area contributed by atoms with Gasteiger partial charge in [-0.25, -0.2) is 9.97 Å². The third-order valence-corrected chi connectivity index (χ3v) is 5.94. The molecule has 0 aliphatic carbocycles. The number of aryl methyl sites for hydroxylation is 1. The number of nitrogens with one attached hydrogen (secondary N) is 1. The molecule has 0 unspecified atom stereocenters. The van der Waals surface area contributed by atoms with Crippen molar-refractivity contribution in [2.75, 3.05) is 11.1 Å². The number of nitrogen functional groups attached to an aromatic ring is 1. The highest BCUT2D eigenvalue weighted by Crippen LogP contribution is 2.34. The quantitative estimate of drug-likeness (QED) is 0.547. The van der Waals surface area contributed by atoms with Crippen molar-refractivity contribution < 1.29 is 4.79 Å². The molecule has 4 rings (SSSR count). The van der Waals surface area contributed by atoms with Crippen molar-refractivity contribution in [3.8, 4) is 0 Å². The molecule has 25 heavy (non-hydrogen) atoms. The molecule has 0 atom stereocenters. The molecule has 4 aromatic rings. The van der Waals surface area contributed by atoms with Crippen molar-refractivity contribution in [3.05, 3.63) is 47.0 Å². The van der Waals surface area contributed by atoms with Gasteiger partial charge < -0.3 is 5.73 Å². The molecule has 0 saturated heterocycles. The predicted octanol–water partition coefficient (Wildman–Crippen LogP) is 4.69. The van der Waals surface area contributed by atoms with Crippen molar-refractivity contribution in [1.29, 1.82) is 0 Å². The van der Waals surface area contributed by atoms with Gasteiger partial charge >= 0.3 is 0 Å². The number of aromatic nitrogens is 2. The first-order chi connectivity index (χ1) is 12.2. The van der Waals surface area contributed by atoms with E-state index in [-0.39, 0.29) is 5.91 Å². The van der Waals surface area contributed by atoms with E-state index in [2.05, 4.69) is 22.2 Å². The van der Waals surface area contributed by atoms with E-state index in [4.69, 9.17) is 5.73 Å². The van der Waals surface area contributed by atoms with Crippen LogP contribution >= 0.6 is 22.7 Å². The first kappa shape index (κ1) is 16.0. The minimum Gasteiger partial charge on any atom is -0.397 e. The van der Waals surface area contributed by atoms with E-state index in [0.29, 0.717) is 15.7 Å². The number of pyridine rings is 1. The minimum absolute atomic E-state index is 0.239. The monoisotopic (exact) mass is 368 g/mol. The first-order valence-electron chi connectivity index (χ1n) is 8.00. The average Bonchev–Trinajstić information content (AvgIpc) is 3.15. The molecular formula is C18H16N4OS2. The lowest BCUT2D eigenvalue weighted by molar-refractivity contribution is 0.103. The van der Waals surface area contributed by atoms with Crippen molar-refractivity contribution in [2.45, 2.75) is 19.8 Å². The van der Waals surface area contributed by atoms with Crippen molar-refractivity contribution in [1.82, 2.24) is 9.97 Å². The Morgan fingerprint density at radius 2 is 2.00 bits per heavy atom. The van der Waals surface area contributed by atoms with Gasteiger partial charge in [-0.2, -0.15) is 0 Å². The summed E-state index contributed by atoms with van der Waals surface area (Å²) in [6, 6.07) is 11.7. The highest BCUT2D eigenvalue weighted by molar-refractivity contribution is 7.23. The number of carbonyl (C=O) groups excluding carboxylic acids is 1. The standard InChI is InChI=1S/C18H16N4OS2/c1-2-5-10-8-9-11-14(19)15(25-17(11)20-10)16(23)22-18-21-12-6-3-4-7-13(12)24-18/h3-4,6-9H,2,5,19H2,1H3,(H,21,22,23). The van der Waals surface area contributed by atoms with Crippen LogP contribution in [0.25, 0.3) is 20.4 Å². The lowest BCUT2D eigenvalue weighted by Crippen LogP contribution is -2.11. The molecule has 0 spiro atoms. The van der Waals surface area contributed by atoms with Crippen LogP contribution < -0.4 is 11.1 Å². The van der Waals surface area contributed by atoms with Gasteiger partial charge in [-0.3, -0.25) is 10.1 Å². The fourth-order valence-corrected chi connectivity index (χ4v) is 4.55. The van der Waals surface area contributed by atoms with Crippen LogP contribution in [0.15, 0.2) is 36.4 Å². The molecule has 0 fully saturated rings. The van der Waals surface area contributed by atoms with Crippen molar-refractivity contribution in [3.63, 3.8) is 0 Å². The fraction of sp³-hybridized carbons (Fsp3) is 0.167. The fourth-order valence-electron chi connectivity index (χ4n) is 2.68. The molecule has 126 valence electrons. The smallest absolute Gasteiger partial charge is 0.269 e. The van der Waals surface area contributed by atoms with E-state index < -0.39 is 0 Å². The number of thiophene rings is 1. The van der Waals surface area contributed by atoms with Crippen LogP contribution in [0.3, 0.4) is 0 Å². The number of rotatable bonds is 4. The maximum Gasteiger partial charge on any atom is 0.269 e. The summed E-state index contributed by atoms with van der Waals surface area (Å²) in [4.78, 5) is 23.0. The SMILES string of the molecule is CCCc1ccc2c(N)c(C(=O)Nc3nc4ccccc4s3)sc2n1. The van der Waals surface area contributed by atoms with Crippen LogP contribution in [-0.2, 0) is 6.42 Å². The summed E-state index contributed by atoms with van der Waals surface area (Å²) in [6.07, 6.45) is 1.95. The zero-order valence-corrected chi connectivity index (χ0v) is 15.2. The summed E-state index contributed by atoms with van der Waals surface area (Å²) < 4.78 is 1.04. The van der Waals surface area contributed by atoms with E-state index in [1.54, 1.807) is 0 Å². The van der Waals surface area contributed by atoms with Crippen LogP contribution in [0.2, 0.25) is 0 Å². The molecule has 0 radical (unpaired) electrons. The number of anilines is 2. The Balaban J connectivity index is 1.65. The van der Waals surface area contributed by atoms with E-state index in [1.807, 2.05) is 36.4 Å². The third kappa shape index (κ3) is 2.96. The van der Waals surface area contributed by atoms with Crippen LogP contribution in [-0.4, -0.2) is 15.9 Å². The second-order valence-electron chi connectivity index (χ2n) is 5.69. The average molecular weight is 368 g/mol. The molecule has 7 heteroatoms. The number of para-hydroxylation sites is 1. The van der Waals surface area contributed by atoms with Gasteiger partial charge in [-0.15, -0.1) is 11.3 Å². The molecule has 0 saturated carbocycles. The van der Waals surface area contributed by atoms with Crippen LogP contribution in [0.4, 0.5) is 10.8 Å². The molecule has 0 aliphatic rings. The Morgan fingerprint density at radius 1 is 1.16 bits per heavy atom. The lowest BCUT2D eigenvalue weighted by atomic mass is 10.2. The number of nitrogens with two attached hydrogens (primary N) is 1. The Hall–Kier alpha value is -2.51. The summed E-state index contributed by atoms with van der Waals surface area (Å²) in [5.74, 6) is -0.239. The van der Waals surface area contributed by atoms with Crippen LogP contribution in [0, 0.1) is 0 Å². The molecule has 5 nitrogen and oxygen atoms in total. The Kier molecular flexibility index (Phi) is 4.10. The Bertz CT molecular complexity index is 1050. The zero-order chi connectivity index (χ0) is 17.4. The molecule has 3 heterocycles. The topological polar surface area (TPSA) is 80.9 Å². The maximum atomic E-state index is 12.7. The van der Waals surface area contributed by atoms with Crippen LogP contribution in [0.5, 0.6) is 0 Å². The molecule has 3 N–H and O–H groups in total. The van der Waals surface area contributed by atoms with Gasteiger partial charge in [0.25, 0.3) is 5.91 Å². The van der Waals surface area contributed by atoms with E-state index in [9.17, 15) is 4.79 Å². The van der Waals surface area contributed by atoms with Crippen molar-refractivity contribution in [2.24, 2.45) is 0 Å². The number of thiazole rings is 1.